The van der Waals surface area contributed by atoms with Crippen LogP contribution < -0.4 is 10.6 Å². The van der Waals surface area contributed by atoms with Gasteiger partial charge in [-0.3, -0.25) is 9.59 Å². The van der Waals surface area contributed by atoms with E-state index >= 15 is 0 Å². The number of nitrogens with zero attached hydrogens (tertiary/aromatic N) is 1. The van der Waals surface area contributed by atoms with Gasteiger partial charge in [0.15, 0.2) is 0 Å². The second-order valence-corrected chi connectivity index (χ2v) is 4.85. The molecular weight excluding hydrogens is 266 g/mol. The third-order valence-corrected chi connectivity index (χ3v) is 3.39. The number of amides is 2. The molecule has 116 valence electrons. The van der Waals surface area contributed by atoms with Crippen molar-refractivity contribution in [1.82, 2.24) is 4.90 Å². The molecule has 0 atom stereocenters. The van der Waals surface area contributed by atoms with Gasteiger partial charge in [0.05, 0.1) is 6.54 Å². The van der Waals surface area contributed by atoms with E-state index in [4.69, 9.17) is 0 Å². The number of anilines is 2. The first kappa shape index (κ1) is 17.0. The Morgan fingerprint density at radius 1 is 1.14 bits per heavy atom. The third kappa shape index (κ3) is 5.10. The fraction of sp³-hybridized carbons (Fsp3) is 0.500. The highest BCUT2D eigenvalue weighted by Gasteiger charge is 2.10. The summed E-state index contributed by atoms with van der Waals surface area (Å²) in [6.07, 6.45) is 0.442. The zero-order valence-electron chi connectivity index (χ0n) is 13.3. The van der Waals surface area contributed by atoms with Gasteiger partial charge < -0.3 is 15.5 Å². The maximum Gasteiger partial charge on any atom is 0.241 e. The van der Waals surface area contributed by atoms with Crippen molar-refractivity contribution in [2.24, 2.45) is 0 Å². The number of rotatable bonds is 7. The largest absolute Gasteiger partial charge is 0.376 e. The highest BCUT2D eigenvalue weighted by atomic mass is 16.2. The van der Waals surface area contributed by atoms with Gasteiger partial charge in [-0.2, -0.15) is 0 Å². The summed E-state index contributed by atoms with van der Waals surface area (Å²) >= 11 is 0. The molecule has 5 heteroatoms. The predicted octanol–water partition coefficient (Wildman–Crippen LogP) is 2.62. The number of nitrogens with one attached hydrogen (secondary N) is 2. The molecule has 0 fully saturated rings. The Bertz CT molecular complexity index is 496. The Balaban J connectivity index is 2.72. The van der Waals surface area contributed by atoms with Crippen molar-refractivity contribution >= 4 is 23.2 Å². The highest BCUT2D eigenvalue weighted by Crippen LogP contribution is 2.20. The summed E-state index contributed by atoms with van der Waals surface area (Å²) in [7, 11) is 0. The number of likely N-dealkylation sites (N-methyl/N-ethyl adjacent to an activating group) is 1. The molecular formula is C16H25N3O2. The summed E-state index contributed by atoms with van der Waals surface area (Å²) < 4.78 is 0. The van der Waals surface area contributed by atoms with Crippen molar-refractivity contribution in [3.63, 3.8) is 0 Å². The van der Waals surface area contributed by atoms with Crippen LogP contribution in [0.1, 0.15) is 32.8 Å². The molecule has 5 nitrogen and oxygen atoms in total. The van der Waals surface area contributed by atoms with Gasteiger partial charge in [0.2, 0.25) is 11.8 Å². The zero-order valence-corrected chi connectivity index (χ0v) is 13.3. The van der Waals surface area contributed by atoms with Crippen molar-refractivity contribution in [3.8, 4) is 0 Å². The van der Waals surface area contributed by atoms with Crippen LogP contribution in [0.25, 0.3) is 0 Å². The lowest BCUT2D eigenvalue weighted by Gasteiger charge is -2.19. The van der Waals surface area contributed by atoms with E-state index in [1.807, 2.05) is 45.9 Å². The van der Waals surface area contributed by atoms with Crippen LogP contribution in [0.4, 0.5) is 11.4 Å². The molecule has 0 bridgehead atoms. The minimum atomic E-state index is -0.0241. The Morgan fingerprint density at radius 3 is 2.38 bits per heavy atom. The monoisotopic (exact) mass is 291 g/mol. The molecule has 1 rings (SSSR count). The lowest BCUT2D eigenvalue weighted by Crippen LogP contribution is -2.35. The minimum Gasteiger partial charge on any atom is -0.376 e. The fourth-order valence-electron chi connectivity index (χ4n) is 2.00. The van der Waals surface area contributed by atoms with Gasteiger partial charge in [-0.15, -0.1) is 0 Å². The topological polar surface area (TPSA) is 61.4 Å². The van der Waals surface area contributed by atoms with E-state index in [-0.39, 0.29) is 18.4 Å². The summed E-state index contributed by atoms with van der Waals surface area (Å²) in [5, 5.41) is 5.97. The van der Waals surface area contributed by atoms with E-state index < -0.39 is 0 Å². The van der Waals surface area contributed by atoms with Crippen molar-refractivity contribution in [2.75, 3.05) is 30.3 Å². The van der Waals surface area contributed by atoms with E-state index in [1.54, 1.807) is 4.90 Å². The molecule has 0 unspecified atom stereocenters. The molecule has 1 aromatic rings. The van der Waals surface area contributed by atoms with Gasteiger partial charge in [-0.05, 0) is 38.5 Å². The van der Waals surface area contributed by atoms with Crippen molar-refractivity contribution in [1.29, 1.82) is 0 Å². The maximum absolute atomic E-state index is 12.0. The summed E-state index contributed by atoms with van der Waals surface area (Å²) in [6, 6.07) is 5.65. The van der Waals surface area contributed by atoms with Gasteiger partial charge in [0.25, 0.3) is 0 Å². The van der Waals surface area contributed by atoms with Gasteiger partial charge in [0.1, 0.15) is 0 Å². The lowest BCUT2D eigenvalue weighted by molar-refractivity contribution is -0.128. The number of aryl methyl sites for hydroxylation is 1. The molecule has 0 heterocycles. The Morgan fingerprint density at radius 2 is 1.81 bits per heavy atom. The molecule has 0 aliphatic carbocycles. The van der Waals surface area contributed by atoms with Gasteiger partial charge in [-0.25, -0.2) is 0 Å². The van der Waals surface area contributed by atoms with Crippen LogP contribution in [0.5, 0.6) is 0 Å². The minimum absolute atomic E-state index is 0.0241. The average molecular weight is 291 g/mol. The highest BCUT2D eigenvalue weighted by molar-refractivity contribution is 5.91. The van der Waals surface area contributed by atoms with E-state index in [0.29, 0.717) is 19.5 Å². The number of carbonyl (C=O) groups is 2. The molecule has 21 heavy (non-hydrogen) atoms. The predicted molar refractivity (Wildman–Crippen MR) is 86.5 cm³/mol. The quantitative estimate of drug-likeness (QED) is 0.812. The summed E-state index contributed by atoms with van der Waals surface area (Å²) in [5.41, 5.74) is 2.64. The smallest absolute Gasteiger partial charge is 0.241 e. The van der Waals surface area contributed by atoms with E-state index in [9.17, 15) is 9.59 Å². The Kier molecular flexibility index (Phi) is 6.72. The van der Waals surface area contributed by atoms with Crippen LogP contribution in [-0.2, 0) is 9.59 Å². The molecule has 0 saturated heterocycles. The number of carbonyl (C=O) groups excluding carboxylic acids is 2. The van der Waals surface area contributed by atoms with Gasteiger partial charge in [-0.1, -0.05) is 13.0 Å². The third-order valence-electron chi connectivity index (χ3n) is 3.39. The summed E-state index contributed by atoms with van der Waals surface area (Å²) in [4.78, 5) is 25.2. The van der Waals surface area contributed by atoms with Crippen LogP contribution in [0, 0.1) is 6.92 Å². The Hall–Kier alpha value is -2.04. The Labute approximate surface area is 126 Å². The summed E-state index contributed by atoms with van der Waals surface area (Å²) in [5.74, 6) is 0.0476. The second-order valence-electron chi connectivity index (χ2n) is 4.85. The summed E-state index contributed by atoms with van der Waals surface area (Å²) in [6.45, 7) is 9.39. The van der Waals surface area contributed by atoms with Crippen LogP contribution >= 0.6 is 0 Å². The number of hydrogen-bond acceptors (Lipinski definition) is 3. The molecule has 0 radical (unpaired) electrons. The van der Waals surface area contributed by atoms with Crippen molar-refractivity contribution in [2.45, 2.75) is 34.1 Å². The van der Waals surface area contributed by atoms with Gasteiger partial charge in [0, 0.05) is 30.9 Å². The number of benzene rings is 1. The van der Waals surface area contributed by atoms with Crippen molar-refractivity contribution < 1.29 is 9.59 Å². The molecule has 1 aromatic carbocycles. The second kappa shape index (κ2) is 8.29. The number of hydrogen-bond donors (Lipinski definition) is 2. The standard InChI is InChI=1S/C16H25N3O2/c1-5-15(20)18-13-9-8-12(4)14(10-13)17-11-16(21)19(6-2)7-3/h8-10,17H,5-7,11H2,1-4H3,(H,18,20). The van der Waals surface area contributed by atoms with Gasteiger partial charge >= 0.3 is 0 Å². The maximum atomic E-state index is 12.0. The molecule has 0 aliphatic heterocycles. The molecule has 0 saturated carbocycles. The lowest BCUT2D eigenvalue weighted by atomic mass is 10.1. The molecule has 2 amide bonds. The normalized spacial score (nSPS) is 10.1. The first-order valence-corrected chi connectivity index (χ1v) is 7.43. The SMILES string of the molecule is CCC(=O)Nc1ccc(C)c(NCC(=O)N(CC)CC)c1. The molecule has 0 aliphatic rings. The van der Waals surface area contributed by atoms with E-state index in [0.717, 1.165) is 16.9 Å². The molecule has 0 spiro atoms. The first-order chi connectivity index (χ1) is 10.0. The van der Waals surface area contributed by atoms with Crippen LogP contribution in [0.2, 0.25) is 0 Å². The zero-order chi connectivity index (χ0) is 15.8. The van der Waals surface area contributed by atoms with Crippen LogP contribution in [0.15, 0.2) is 18.2 Å². The van der Waals surface area contributed by atoms with Crippen LogP contribution in [0.3, 0.4) is 0 Å². The van der Waals surface area contributed by atoms with Crippen molar-refractivity contribution in [3.05, 3.63) is 23.8 Å². The van der Waals surface area contributed by atoms with E-state index in [1.165, 1.54) is 0 Å². The van der Waals surface area contributed by atoms with E-state index in [2.05, 4.69) is 10.6 Å². The fourth-order valence-corrected chi connectivity index (χ4v) is 2.00. The molecule has 0 aromatic heterocycles. The average Bonchev–Trinajstić information content (AvgIpc) is 2.48. The van der Waals surface area contributed by atoms with Crippen LogP contribution in [-0.4, -0.2) is 36.3 Å². The molecule has 2 N–H and O–H groups in total. The first-order valence-electron chi connectivity index (χ1n) is 7.43.